The molecule has 0 aliphatic heterocycles. The number of aromatic nitrogens is 2. The zero-order chi connectivity index (χ0) is 35.7. The van der Waals surface area contributed by atoms with E-state index in [1.165, 1.54) is 24.3 Å². The highest BCUT2D eigenvalue weighted by molar-refractivity contribution is 6.35. The van der Waals surface area contributed by atoms with E-state index in [1.807, 2.05) is 13.0 Å². The summed E-state index contributed by atoms with van der Waals surface area (Å²) in [5.41, 5.74) is 3.86. The van der Waals surface area contributed by atoms with Crippen LogP contribution in [0, 0.1) is 12.7 Å². The number of anilines is 1. The van der Waals surface area contributed by atoms with E-state index in [1.54, 1.807) is 63.4 Å². The Morgan fingerprint density at radius 1 is 1.04 bits per heavy atom. The van der Waals surface area contributed by atoms with Gasteiger partial charge in [-0.1, -0.05) is 29.8 Å². The fourth-order valence-corrected chi connectivity index (χ4v) is 5.37. The molecule has 0 saturated heterocycles. The monoisotopic (exact) mass is 693 g/mol. The molecule has 0 aliphatic carbocycles. The van der Waals surface area contributed by atoms with Crippen LogP contribution in [0.5, 0.6) is 5.75 Å². The van der Waals surface area contributed by atoms with Crippen molar-refractivity contribution in [1.29, 1.82) is 0 Å². The zero-order valence-electron chi connectivity index (χ0n) is 28.1. The van der Waals surface area contributed by atoms with Crippen molar-refractivity contribution >= 4 is 29.3 Å². The number of nitrogens with zero attached hydrogens (tertiary/aromatic N) is 3. The number of benzene rings is 2. The van der Waals surface area contributed by atoms with E-state index in [9.17, 15) is 14.7 Å². The van der Waals surface area contributed by atoms with Gasteiger partial charge in [-0.2, -0.15) is 0 Å². The molecule has 2 amide bonds. The third-order valence-electron chi connectivity index (χ3n) is 7.45. The van der Waals surface area contributed by atoms with Gasteiger partial charge in [0.05, 0.1) is 37.6 Å². The topological polar surface area (TPSA) is 146 Å². The fourth-order valence-electron chi connectivity index (χ4n) is 5.05. The second kappa shape index (κ2) is 16.7. The van der Waals surface area contributed by atoms with E-state index in [4.69, 9.17) is 26.2 Å². The molecule has 2 aromatic heterocycles. The number of hydrogen-bond donors (Lipinski definition) is 4. The Bertz CT molecular complexity index is 1780. The van der Waals surface area contributed by atoms with E-state index in [2.05, 4.69) is 20.6 Å². The molecule has 0 spiro atoms. The first-order chi connectivity index (χ1) is 23.4. The highest BCUT2D eigenvalue weighted by atomic mass is 35.5. The van der Waals surface area contributed by atoms with Gasteiger partial charge in [-0.15, -0.1) is 0 Å². The number of amides is 2. The van der Waals surface area contributed by atoms with Crippen molar-refractivity contribution in [2.75, 3.05) is 38.7 Å². The summed E-state index contributed by atoms with van der Waals surface area (Å²) in [6.07, 6.45) is 2.52. The Morgan fingerprint density at radius 3 is 2.47 bits per heavy atom. The van der Waals surface area contributed by atoms with E-state index in [0.29, 0.717) is 51.0 Å². The van der Waals surface area contributed by atoms with Crippen molar-refractivity contribution in [3.63, 3.8) is 0 Å². The minimum Gasteiger partial charge on any atom is -0.496 e. The maximum atomic E-state index is 15.2. The molecule has 4 rings (SSSR count). The second-order valence-corrected chi connectivity index (χ2v) is 12.5. The van der Waals surface area contributed by atoms with Gasteiger partial charge in [0.2, 0.25) is 0 Å². The summed E-state index contributed by atoms with van der Waals surface area (Å²) in [4.78, 5) is 35.9. The molecule has 49 heavy (non-hydrogen) atoms. The lowest BCUT2D eigenvalue weighted by Crippen LogP contribution is -2.38. The standard InChI is InChI=1S/C36H41ClFN5O6/c1-22-25(26-11-12-40-33(32(26)37)24-17-28(38)27(20-39-13-15-44)31(18-24)48-5)7-6-8-29(22)42-34(46)30-10-9-23(19-41-30)21-43(14-16-45)35(47)49-36(2,3)4/h6-12,17-19,39,44-45H,13-16,20-21H2,1-5H3,(H,42,46). The molecule has 2 aromatic carbocycles. The lowest BCUT2D eigenvalue weighted by atomic mass is 9.97. The lowest BCUT2D eigenvalue weighted by Gasteiger charge is -2.27. The van der Waals surface area contributed by atoms with Gasteiger partial charge in [-0.25, -0.2) is 9.18 Å². The van der Waals surface area contributed by atoms with Crippen LogP contribution in [0.4, 0.5) is 14.9 Å². The Labute approximate surface area is 290 Å². The third-order valence-corrected chi connectivity index (χ3v) is 7.83. The molecule has 0 bridgehead atoms. The quantitative estimate of drug-likeness (QED) is 0.124. The first kappa shape index (κ1) is 37.2. The van der Waals surface area contributed by atoms with E-state index in [-0.39, 0.29) is 38.5 Å². The molecule has 13 heteroatoms. The third kappa shape index (κ3) is 9.51. The molecule has 0 saturated carbocycles. The summed E-state index contributed by atoms with van der Waals surface area (Å²) in [5.74, 6) is -0.628. The van der Waals surface area contributed by atoms with Crippen molar-refractivity contribution in [3.8, 4) is 28.1 Å². The number of ether oxygens (including phenoxy) is 2. The first-order valence-electron chi connectivity index (χ1n) is 15.6. The lowest BCUT2D eigenvalue weighted by molar-refractivity contribution is 0.0201. The van der Waals surface area contributed by atoms with E-state index < -0.39 is 23.4 Å². The number of halogens is 2. The van der Waals surface area contributed by atoms with Crippen molar-refractivity contribution in [2.45, 2.75) is 46.4 Å². The van der Waals surface area contributed by atoms with Gasteiger partial charge in [0.15, 0.2) is 0 Å². The van der Waals surface area contributed by atoms with Gasteiger partial charge < -0.3 is 35.2 Å². The fraction of sp³-hybridized carbons (Fsp3) is 0.333. The minimum atomic E-state index is -0.690. The van der Waals surface area contributed by atoms with Crippen LogP contribution in [0.15, 0.2) is 60.9 Å². The predicted molar refractivity (Wildman–Crippen MR) is 186 cm³/mol. The first-order valence-corrected chi connectivity index (χ1v) is 16.0. The molecule has 4 N–H and O–H groups in total. The van der Waals surface area contributed by atoms with Crippen LogP contribution in [0.25, 0.3) is 22.4 Å². The van der Waals surface area contributed by atoms with Crippen LogP contribution in [-0.4, -0.2) is 76.1 Å². The average Bonchev–Trinajstić information content (AvgIpc) is 3.06. The average molecular weight is 694 g/mol. The second-order valence-electron chi connectivity index (χ2n) is 12.2. The summed E-state index contributed by atoms with van der Waals surface area (Å²) in [6.45, 7) is 7.53. The molecule has 0 fully saturated rings. The molecule has 0 radical (unpaired) electrons. The minimum absolute atomic E-state index is 0.0763. The van der Waals surface area contributed by atoms with E-state index >= 15 is 4.39 Å². The van der Waals surface area contributed by atoms with Crippen LogP contribution >= 0.6 is 11.6 Å². The molecule has 4 aromatic rings. The van der Waals surface area contributed by atoms with Crippen LogP contribution in [0.3, 0.4) is 0 Å². The van der Waals surface area contributed by atoms with Crippen LogP contribution in [0.2, 0.25) is 5.02 Å². The van der Waals surface area contributed by atoms with Crippen LogP contribution in [-0.2, 0) is 17.8 Å². The molecule has 0 atom stereocenters. The highest BCUT2D eigenvalue weighted by Crippen LogP contribution is 2.39. The molecule has 11 nitrogen and oxygen atoms in total. The summed E-state index contributed by atoms with van der Waals surface area (Å²) < 4.78 is 26.1. The molecule has 260 valence electrons. The predicted octanol–water partition coefficient (Wildman–Crippen LogP) is 5.98. The Kier molecular flexibility index (Phi) is 12.7. The number of nitrogens with one attached hydrogen (secondary N) is 2. The normalized spacial score (nSPS) is 11.3. The number of aliphatic hydroxyl groups excluding tert-OH is 2. The van der Waals surface area contributed by atoms with Crippen LogP contribution < -0.4 is 15.4 Å². The SMILES string of the molecule is COc1cc(-c2nccc(-c3cccc(NC(=O)c4ccc(CN(CCO)C(=O)OC(C)(C)C)cn4)c3C)c2Cl)cc(F)c1CNCCO. The van der Waals surface area contributed by atoms with Crippen molar-refractivity contribution in [1.82, 2.24) is 20.2 Å². The van der Waals surface area contributed by atoms with Crippen molar-refractivity contribution in [2.24, 2.45) is 0 Å². The largest absolute Gasteiger partial charge is 0.496 e. The zero-order valence-corrected chi connectivity index (χ0v) is 28.9. The van der Waals surface area contributed by atoms with Crippen molar-refractivity contribution < 1.29 is 33.7 Å². The van der Waals surface area contributed by atoms with Gasteiger partial charge in [-0.3, -0.25) is 14.8 Å². The van der Waals surface area contributed by atoms with E-state index in [0.717, 1.165) is 11.1 Å². The molecule has 0 aliphatic rings. The van der Waals surface area contributed by atoms with Crippen molar-refractivity contribution in [3.05, 3.63) is 94.1 Å². The Hall–Kier alpha value is -4.62. The highest BCUT2D eigenvalue weighted by Gasteiger charge is 2.23. The molecule has 2 heterocycles. The number of aliphatic hydroxyl groups is 2. The number of carbonyl (C=O) groups is 2. The maximum Gasteiger partial charge on any atom is 0.410 e. The Balaban J connectivity index is 1.54. The molecular weight excluding hydrogens is 653 g/mol. The Morgan fingerprint density at radius 2 is 1.82 bits per heavy atom. The van der Waals surface area contributed by atoms with Crippen LogP contribution in [0.1, 0.15) is 48.0 Å². The number of rotatable bonds is 13. The number of carbonyl (C=O) groups excluding carboxylic acids is 2. The van der Waals surface area contributed by atoms with Gasteiger partial charge >= 0.3 is 6.09 Å². The molecular formula is C36H41ClFN5O6. The summed E-state index contributed by atoms with van der Waals surface area (Å²) >= 11 is 6.91. The number of hydrogen-bond acceptors (Lipinski definition) is 9. The summed E-state index contributed by atoms with van der Waals surface area (Å²) in [5, 5.41) is 24.6. The summed E-state index contributed by atoms with van der Waals surface area (Å²) in [6, 6.07) is 13.4. The van der Waals surface area contributed by atoms with Gasteiger partial charge in [-0.05, 0) is 74.7 Å². The maximum absolute atomic E-state index is 15.2. The number of pyridine rings is 2. The van der Waals surface area contributed by atoms with Gasteiger partial charge in [0.1, 0.15) is 22.9 Å². The van der Waals surface area contributed by atoms with Gasteiger partial charge in [0, 0.05) is 54.4 Å². The molecule has 0 unspecified atom stereocenters. The van der Waals surface area contributed by atoms with Gasteiger partial charge in [0.25, 0.3) is 5.91 Å². The summed E-state index contributed by atoms with van der Waals surface area (Å²) in [7, 11) is 1.45. The number of methoxy groups -OCH3 is 1. The smallest absolute Gasteiger partial charge is 0.410 e.